The molecule has 0 aromatic carbocycles. The van der Waals surface area contributed by atoms with Crippen LogP contribution in [0.25, 0.3) is 0 Å². The average molecular weight is 281 g/mol. The highest BCUT2D eigenvalue weighted by Gasteiger charge is 2.50. The molecule has 2 saturated heterocycles. The summed E-state index contributed by atoms with van der Waals surface area (Å²) in [4.78, 5) is 11.3. The van der Waals surface area contributed by atoms with Crippen LogP contribution in [-0.2, 0) is 14.3 Å². The molecule has 20 heavy (non-hydrogen) atoms. The number of hydrogen-bond donors (Lipinski definition) is 1. The molecule has 3 fully saturated rings. The largest absolute Gasteiger partial charge is 0.370 e. The second kappa shape index (κ2) is 5.64. The van der Waals surface area contributed by atoms with Crippen LogP contribution in [0.4, 0.5) is 0 Å². The molecule has 0 spiro atoms. The summed E-state index contributed by atoms with van der Waals surface area (Å²) in [5.74, 6) is 2.02. The second-order valence-corrected chi connectivity index (χ2v) is 7.03. The Morgan fingerprint density at radius 3 is 2.70 bits per heavy atom. The Hall–Kier alpha value is -0.610. The predicted octanol–water partition coefficient (Wildman–Crippen LogP) is 2.45. The molecule has 114 valence electrons. The fraction of sp³-hybridized carbons (Fsp3) is 0.938. The summed E-state index contributed by atoms with van der Waals surface area (Å²) < 4.78 is 12.3. The van der Waals surface area contributed by atoms with Gasteiger partial charge in [-0.05, 0) is 50.4 Å². The molecule has 3 aliphatic rings. The van der Waals surface area contributed by atoms with E-state index in [9.17, 15) is 4.79 Å². The standard InChI is InChI=1S/C16H27NO3/c1-9-6-7-11-4-3-5-12-10(2)13(8-14(17)18)20-16(19-9)15(11)12/h9-13,15-16H,3-8H2,1-2H3,(H2,17,18)/t9-,10+,11?,12?,13+,15?,16-/m0/s1. The van der Waals surface area contributed by atoms with Gasteiger partial charge >= 0.3 is 0 Å². The first-order valence-corrected chi connectivity index (χ1v) is 8.15. The van der Waals surface area contributed by atoms with Gasteiger partial charge in [0.25, 0.3) is 0 Å². The van der Waals surface area contributed by atoms with Crippen LogP contribution in [0.5, 0.6) is 0 Å². The Labute approximate surface area is 121 Å². The molecule has 3 rings (SSSR count). The number of ether oxygens (including phenoxy) is 2. The zero-order valence-electron chi connectivity index (χ0n) is 12.6. The van der Waals surface area contributed by atoms with Crippen LogP contribution in [0.2, 0.25) is 0 Å². The van der Waals surface area contributed by atoms with Crippen molar-refractivity contribution >= 4 is 5.91 Å². The van der Waals surface area contributed by atoms with E-state index in [1.807, 2.05) is 0 Å². The third kappa shape index (κ3) is 2.60. The Balaban J connectivity index is 1.83. The van der Waals surface area contributed by atoms with Crippen LogP contribution in [0.3, 0.4) is 0 Å². The number of primary amides is 1. The van der Waals surface area contributed by atoms with Crippen molar-refractivity contribution in [2.45, 2.75) is 70.9 Å². The molecule has 1 aliphatic carbocycles. The van der Waals surface area contributed by atoms with Gasteiger partial charge in [0, 0.05) is 5.92 Å². The van der Waals surface area contributed by atoms with E-state index in [1.54, 1.807) is 0 Å². The molecular formula is C16H27NO3. The van der Waals surface area contributed by atoms with E-state index in [-0.39, 0.29) is 24.4 Å². The minimum Gasteiger partial charge on any atom is -0.370 e. The second-order valence-electron chi connectivity index (χ2n) is 7.03. The number of carbonyl (C=O) groups excluding carboxylic acids is 1. The SMILES string of the molecule is C[C@@H]1C2CCCC3CC[C@H](C)O[C@@H](O[C@@H]1CC(N)=O)C32. The van der Waals surface area contributed by atoms with E-state index in [0.717, 1.165) is 12.3 Å². The minimum absolute atomic E-state index is 0.0669. The summed E-state index contributed by atoms with van der Waals surface area (Å²) in [6.45, 7) is 4.36. The van der Waals surface area contributed by atoms with Gasteiger partial charge in [0.15, 0.2) is 6.29 Å². The van der Waals surface area contributed by atoms with Gasteiger partial charge in [0.05, 0.1) is 18.6 Å². The fourth-order valence-electron chi connectivity index (χ4n) is 4.69. The maximum atomic E-state index is 11.3. The van der Waals surface area contributed by atoms with Crippen molar-refractivity contribution in [1.82, 2.24) is 0 Å². The van der Waals surface area contributed by atoms with Gasteiger partial charge < -0.3 is 15.2 Å². The van der Waals surface area contributed by atoms with E-state index in [0.29, 0.717) is 24.2 Å². The number of rotatable bonds is 2. The molecule has 0 aromatic heterocycles. The summed E-state index contributed by atoms with van der Waals surface area (Å²) in [7, 11) is 0. The van der Waals surface area contributed by atoms with Gasteiger partial charge in [-0.1, -0.05) is 13.3 Å². The molecule has 1 amide bonds. The van der Waals surface area contributed by atoms with E-state index in [2.05, 4.69) is 13.8 Å². The lowest BCUT2D eigenvalue weighted by Gasteiger charge is -2.50. The van der Waals surface area contributed by atoms with Crippen molar-refractivity contribution in [1.29, 1.82) is 0 Å². The quantitative estimate of drug-likeness (QED) is 0.845. The highest BCUT2D eigenvalue weighted by molar-refractivity contribution is 5.74. The van der Waals surface area contributed by atoms with Crippen molar-refractivity contribution < 1.29 is 14.3 Å². The maximum absolute atomic E-state index is 11.3. The highest BCUT2D eigenvalue weighted by atomic mass is 16.7. The molecule has 2 N–H and O–H groups in total. The Morgan fingerprint density at radius 1 is 1.15 bits per heavy atom. The lowest BCUT2D eigenvalue weighted by atomic mass is 9.63. The number of hydrogen-bond acceptors (Lipinski definition) is 3. The van der Waals surface area contributed by atoms with Crippen molar-refractivity contribution in [3.8, 4) is 0 Å². The van der Waals surface area contributed by atoms with Gasteiger partial charge in [-0.15, -0.1) is 0 Å². The molecule has 4 nitrogen and oxygen atoms in total. The first-order chi connectivity index (χ1) is 9.56. The monoisotopic (exact) mass is 281 g/mol. The summed E-state index contributed by atoms with van der Waals surface area (Å²) in [6.07, 6.45) is 6.64. The van der Waals surface area contributed by atoms with E-state index in [4.69, 9.17) is 15.2 Å². The molecule has 2 aliphatic heterocycles. The van der Waals surface area contributed by atoms with E-state index >= 15 is 0 Å². The normalized spacial score (nSPS) is 48.2. The summed E-state index contributed by atoms with van der Waals surface area (Å²) in [5.41, 5.74) is 5.38. The lowest BCUT2D eigenvalue weighted by Crippen LogP contribution is -2.52. The van der Waals surface area contributed by atoms with E-state index in [1.165, 1.54) is 25.7 Å². The van der Waals surface area contributed by atoms with Crippen LogP contribution in [0, 0.1) is 23.7 Å². The van der Waals surface area contributed by atoms with Gasteiger partial charge in [0.1, 0.15) is 0 Å². The topological polar surface area (TPSA) is 61.6 Å². The smallest absolute Gasteiger partial charge is 0.220 e. The Kier molecular flexibility index (Phi) is 4.04. The third-order valence-electron chi connectivity index (χ3n) is 5.75. The number of amides is 1. The average Bonchev–Trinajstić information content (AvgIpc) is 2.55. The minimum atomic E-state index is -0.269. The highest BCUT2D eigenvalue weighted by Crippen LogP contribution is 2.50. The van der Waals surface area contributed by atoms with Crippen LogP contribution in [0.15, 0.2) is 0 Å². The van der Waals surface area contributed by atoms with Crippen molar-refractivity contribution in [2.75, 3.05) is 0 Å². The lowest BCUT2D eigenvalue weighted by molar-refractivity contribution is -0.273. The zero-order chi connectivity index (χ0) is 14.3. The summed E-state index contributed by atoms with van der Waals surface area (Å²) >= 11 is 0. The molecular weight excluding hydrogens is 254 g/mol. The maximum Gasteiger partial charge on any atom is 0.220 e. The molecule has 4 heteroatoms. The molecule has 0 aromatic rings. The van der Waals surface area contributed by atoms with Gasteiger partial charge in [-0.2, -0.15) is 0 Å². The molecule has 0 bridgehead atoms. The first-order valence-electron chi connectivity index (χ1n) is 8.15. The van der Waals surface area contributed by atoms with Crippen LogP contribution in [-0.4, -0.2) is 24.4 Å². The van der Waals surface area contributed by atoms with Crippen molar-refractivity contribution in [3.05, 3.63) is 0 Å². The first kappa shape index (κ1) is 14.3. The van der Waals surface area contributed by atoms with Crippen LogP contribution < -0.4 is 5.73 Å². The number of nitrogens with two attached hydrogens (primary N) is 1. The summed E-state index contributed by atoms with van der Waals surface area (Å²) in [5, 5.41) is 0. The molecule has 2 heterocycles. The predicted molar refractivity (Wildman–Crippen MR) is 75.7 cm³/mol. The molecule has 0 radical (unpaired) electrons. The summed E-state index contributed by atoms with van der Waals surface area (Å²) in [6, 6.07) is 0. The Bertz CT molecular complexity index is 373. The van der Waals surface area contributed by atoms with Gasteiger partial charge in [0.2, 0.25) is 5.91 Å². The van der Waals surface area contributed by atoms with Gasteiger partial charge in [-0.25, -0.2) is 0 Å². The Morgan fingerprint density at radius 2 is 1.95 bits per heavy atom. The molecule has 3 unspecified atom stereocenters. The zero-order valence-corrected chi connectivity index (χ0v) is 12.6. The fourth-order valence-corrected chi connectivity index (χ4v) is 4.69. The number of carbonyl (C=O) groups is 1. The molecule has 1 saturated carbocycles. The van der Waals surface area contributed by atoms with Crippen LogP contribution in [0.1, 0.15) is 52.4 Å². The van der Waals surface area contributed by atoms with Crippen LogP contribution >= 0.6 is 0 Å². The van der Waals surface area contributed by atoms with Crippen molar-refractivity contribution in [3.63, 3.8) is 0 Å². The van der Waals surface area contributed by atoms with Gasteiger partial charge in [-0.3, -0.25) is 4.79 Å². The van der Waals surface area contributed by atoms with E-state index < -0.39 is 0 Å². The third-order valence-corrected chi connectivity index (χ3v) is 5.75. The molecule has 7 atom stereocenters. The van der Waals surface area contributed by atoms with Crippen molar-refractivity contribution in [2.24, 2.45) is 29.4 Å².